The van der Waals surface area contributed by atoms with Crippen molar-refractivity contribution >= 4 is 26.2 Å². The van der Waals surface area contributed by atoms with E-state index < -0.39 is 20.4 Å². The average molecular weight is 330 g/mol. The summed E-state index contributed by atoms with van der Waals surface area (Å²) in [7, 11) is -5.65. The SMILES string of the molecule is CC(=O)CS1(OS(=O)(=O)c2ccc(C)cc2)CCCCC1. The number of aryl methyl sites for hydroxylation is 1. The smallest absolute Gasteiger partial charge is 0.299 e. The molecule has 0 saturated carbocycles. The van der Waals surface area contributed by atoms with E-state index >= 15 is 0 Å². The van der Waals surface area contributed by atoms with Crippen LogP contribution in [0, 0.1) is 6.92 Å². The molecule has 0 aliphatic carbocycles. The molecule has 4 nitrogen and oxygen atoms in total. The normalized spacial score (nSPS) is 19.9. The molecule has 0 atom stereocenters. The topological polar surface area (TPSA) is 60.4 Å². The second kappa shape index (κ2) is 6.50. The fourth-order valence-corrected chi connectivity index (χ4v) is 8.28. The first-order chi connectivity index (χ1) is 9.83. The predicted molar refractivity (Wildman–Crippen MR) is 86.2 cm³/mol. The molecule has 1 aliphatic heterocycles. The number of ketones is 1. The molecule has 0 unspecified atom stereocenters. The van der Waals surface area contributed by atoms with E-state index in [0.29, 0.717) is 11.5 Å². The van der Waals surface area contributed by atoms with Gasteiger partial charge < -0.3 is 0 Å². The van der Waals surface area contributed by atoms with E-state index in [0.717, 1.165) is 24.8 Å². The number of rotatable bonds is 5. The lowest BCUT2D eigenvalue weighted by molar-refractivity contribution is -0.114. The minimum absolute atomic E-state index is 0.00556. The first kappa shape index (κ1) is 16.5. The van der Waals surface area contributed by atoms with E-state index in [1.54, 1.807) is 24.3 Å². The van der Waals surface area contributed by atoms with E-state index in [-0.39, 0.29) is 16.4 Å². The highest BCUT2D eigenvalue weighted by Gasteiger charge is 2.34. The van der Waals surface area contributed by atoms with Gasteiger partial charge in [0, 0.05) is 11.5 Å². The Morgan fingerprint density at radius 2 is 1.71 bits per heavy atom. The average Bonchev–Trinajstić information content (AvgIpc) is 2.38. The van der Waals surface area contributed by atoms with Crippen molar-refractivity contribution < 1.29 is 16.8 Å². The van der Waals surface area contributed by atoms with E-state index in [9.17, 15) is 13.2 Å². The fourth-order valence-electron chi connectivity index (χ4n) is 2.55. The van der Waals surface area contributed by atoms with E-state index in [4.69, 9.17) is 3.63 Å². The zero-order chi connectivity index (χ0) is 15.5. The lowest BCUT2D eigenvalue weighted by Gasteiger charge is -2.40. The Kier molecular flexibility index (Phi) is 5.11. The van der Waals surface area contributed by atoms with Crippen molar-refractivity contribution in [3.8, 4) is 0 Å². The molecule has 0 radical (unpaired) electrons. The predicted octanol–water partition coefficient (Wildman–Crippen LogP) is 3.19. The Morgan fingerprint density at radius 3 is 2.24 bits per heavy atom. The third kappa shape index (κ3) is 4.31. The second-order valence-electron chi connectivity index (χ2n) is 5.62. The van der Waals surface area contributed by atoms with Crippen LogP contribution in [0.2, 0.25) is 0 Å². The van der Waals surface area contributed by atoms with Crippen molar-refractivity contribution in [1.29, 1.82) is 0 Å². The van der Waals surface area contributed by atoms with Crippen LogP contribution in [-0.4, -0.2) is 31.5 Å². The van der Waals surface area contributed by atoms with Gasteiger partial charge in [0.2, 0.25) is 0 Å². The molecule has 1 aliphatic rings. The summed E-state index contributed by atoms with van der Waals surface area (Å²) in [5.41, 5.74) is 0.998. The zero-order valence-corrected chi connectivity index (χ0v) is 14.1. The van der Waals surface area contributed by atoms with E-state index in [1.807, 2.05) is 6.92 Å². The van der Waals surface area contributed by atoms with E-state index in [2.05, 4.69) is 0 Å². The van der Waals surface area contributed by atoms with Gasteiger partial charge in [-0.3, -0.25) is 4.79 Å². The zero-order valence-electron chi connectivity index (χ0n) is 12.5. The van der Waals surface area contributed by atoms with Crippen molar-refractivity contribution in [2.45, 2.75) is 38.0 Å². The number of hydrogen-bond donors (Lipinski definition) is 0. The van der Waals surface area contributed by atoms with Crippen LogP contribution in [0.1, 0.15) is 31.7 Å². The van der Waals surface area contributed by atoms with Gasteiger partial charge in [-0.1, -0.05) is 24.1 Å². The lowest BCUT2D eigenvalue weighted by Crippen LogP contribution is -2.26. The standard InChI is InChI=1S/C15H22O4S2/c1-13-6-8-15(9-7-13)21(17,18)19-20(12-14(2)16)10-4-3-5-11-20/h6-9H,3-5,10-12H2,1-2H3. The number of hydrogen-bond acceptors (Lipinski definition) is 4. The molecule has 21 heavy (non-hydrogen) atoms. The highest BCUT2D eigenvalue weighted by molar-refractivity contribution is 8.33. The molecule has 1 saturated heterocycles. The number of Topliss-reactive ketones (excluding diaryl/α,β-unsaturated/α-hetero) is 1. The minimum atomic E-state index is -3.80. The Hall–Kier alpha value is -0.850. The molecule has 118 valence electrons. The van der Waals surface area contributed by atoms with Gasteiger partial charge in [0.15, 0.2) is 0 Å². The number of benzene rings is 1. The Balaban J connectivity index is 2.26. The second-order valence-corrected chi connectivity index (χ2v) is 10.6. The monoisotopic (exact) mass is 330 g/mol. The fraction of sp³-hybridized carbons (Fsp3) is 0.533. The van der Waals surface area contributed by atoms with Gasteiger partial charge >= 0.3 is 10.1 Å². The van der Waals surface area contributed by atoms with Gasteiger partial charge in [-0.05, 0) is 38.8 Å². The van der Waals surface area contributed by atoms with Crippen LogP contribution in [-0.2, 0) is 18.5 Å². The van der Waals surface area contributed by atoms with Gasteiger partial charge in [0.05, 0.1) is 10.6 Å². The third-order valence-corrected chi connectivity index (χ3v) is 9.26. The summed E-state index contributed by atoms with van der Waals surface area (Å²) in [5, 5.41) is 0. The Morgan fingerprint density at radius 1 is 1.14 bits per heavy atom. The first-order valence-corrected chi connectivity index (χ1v) is 10.6. The number of carbonyl (C=O) groups excluding carboxylic acids is 1. The number of carbonyl (C=O) groups is 1. The molecule has 0 amide bonds. The summed E-state index contributed by atoms with van der Waals surface area (Å²) in [4.78, 5) is 11.7. The maximum Gasteiger partial charge on any atom is 0.306 e. The van der Waals surface area contributed by atoms with Gasteiger partial charge in [0.1, 0.15) is 5.78 Å². The summed E-state index contributed by atoms with van der Waals surface area (Å²) in [5.74, 6) is 1.67. The van der Waals surface area contributed by atoms with Crippen molar-refractivity contribution in [3.63, 3.8) is 0 Å². The minimum Gasteiger partial charge on any atom is -0.299 e. The van der Waals surface area contributed by atoms with Crippen LogP contribution < -0.4 is 0 Å². The molecule has 1 aromatic rings. The Bertz CT molecular complexity index is 599. The van der Waals surface area contributed by atoms with Gasteiger partial charge in [0.25, 0.3) is 0 Å². The highest BCUT2D eigenvalue weighted by Crippen LogP contribution is 2.55. The molecule has 0 N–H and O–H groups in total. The van der Waals surface area contributed by atoms with Crippen molar-refractivity contribution in [2.75, 3.05) is 17.3 Å². The van der Waals surface area contributed by atoms with Crippen molar-refractivity contribution in [1.82, 2.24) is 0 Å². The van der Waals surface area contributed by atoms with Gasteiger partial charge in [-0.15, -0.1) is 10.3 Å². The third-order valence-electron chi connectivity index (χ3n) is 3.54. The maximum absolute atomic E-state index is 12.5. The van der Waals surface area contributed by atoms with Gasteiger partial charge in [-0.25, -0.2) is 3.63 Å². The Labute approximate surface area is 128 Å². The molecule has 1 aromatic carbocycles. The van der Waals surface area contributed by atoms with Crippen LogP contribution in [0.5, 0.6) is 0 Å². The van der Waals surface area contributed by atoms with Crippen molar-refractivity contribution in [2.24, 2.45) is 0 Å². The molecule has 1 fully saturated rings. The summed E-state index contributed by atoms with van der Waals surface area (Å²) in [6.45, 7) is 3.41. The summed E-state index contributed by atoms with van der Waals surface area (Å²) < 4.78 is 30.6. The van der Waals surface area contributed by atoms with Crippen LogP contribution in [0.3, 0.4) is 0 Å². The molecule has 1 heterocycles. The molecule has 0 spiro atoms. The summed E-state index contributed by atoms with van der Waals surface area (Å²) >= 11 is 0. The lowest BCUT2D eigenvalue weighted by atomic mass is 10.2. The van der Waals surface area contributed by atoms with Crippen molar-refractivity contribution in [3.05, 3.63) is 29.8 Å². The van der Waals surface area contributed by atoms with E-state index in [1.165, 1.54) is 6.92 Å². The van der Waals surface area contributed by atoms with Crippen LogP contribution in [0.25, 0.3) is 0 Å². The summed E-state index contributed by atoms with van der Waals surface area (Å²) in [6.07, 6.45) is 2.96. The first-order valence-electron chi connectivity index (χ1n) is 7.12. The molecule has 0 aromatic heterocycles. The highest BCUT2D eigenvalue weighted by atomic mass is 32.3. The van der Waals surface area contributed by atoms with Crippen LogP contribution >= 0.6 is 10.3 Å². The van der Waals surface area contributed by atoms with Crippen LogP contribution in [0.4, 0.5) is 0 Å². The quantitative estimate of drug-likeness (QED) is 0.832. The largest absolute Gasteiger partial charge is 0.306 e. The molecular weight excluding hydrogens is 308 g/mol. The summed E-state index contributed by atoms with van der Waals surface area (Å²) in [6, 6.07) is 6.64. The van der Waals surface area contributed by atoms with Crippen LogP contribution in [0.15, 0.2) is 29.2 Å². The maximum atomic E-state index is 12.5. The molecule has 6 heteroatoms. The molecule has 2 rings (SSSR count). The van der Waals surface area contributed by atoms with Gasteiger partial charge in [-0.2, -0.15) is 8.42 Å². The molecule has 0 bridgehead atoms. The molecular formula is C15H22O4S2.